The zero-order valence-electron chi connectivity index (χ0n) is 13.7. The molecule has 2 rings (SSSR count). The second-order valence-electron chi connectivity index (χ2n) is 5.21. The van der Waals surface area contributed by atoms with Crippen LogP contribution in [0.5, 0.6) is 5.75 Å². The average Bonchev–Trinajstić information content (AvgIpc) is 2.60. The Balaban J connectivity index is 1.92. The molecule has 0 saturated heterocycles. The predicted octanol–water partition coefficient (Wildman–Crippen LogP) is 4.51. The second-order valence-corrected chi connectivity index (χ2v) is 5.21. The van der Waals surface area contributed by atoms with Crippen LogP contribution in [0.3, 0.4) is 0 Å². The summed E-state index contributed by atoms with van der Waals surface area (Å²) < 4.78 is 33.7. The first kappa shape index (κ1) is 19.0. The first-order valence-corrected chi connectivity index (χ1v) is 7.53. The fourth-order valence-electron chi connectivity index (χ4n) is 2.07. The number of nitrogens with zero attached hydrogens (tertiary/aromatic N) is 1. The molecule has 0 spiro atoms. The van der Waals surface area contributed by atoms with Gasteiger partial charge in [0.1, 0.15) is 11.9 Å². The first-order chi connectivity index (χ1) is 12.3. The van der Waals surface area contributed by atoms with Crippen LogP contribution in [-0.2, 0) is 9.53 Å². The van der Waals surface area contributed by atoms with Crippen molar-refractivity contribution in [2.24, 2.45) is 0 Å². The minimum atomic E-state index is -2.90. The van der Waals surface area contributed by atoms with Gasteiger partial charge in [0.2, 0.25) is 0 Å². The smallest absolute Gasteiger partial charge is 0.387 e. The Labute approximate surface area is 147 Å². The topological polar surface area (TPSA) is 78.7 Å². The molecule has 0 aliphatic rings. The van der Waals surface area contributed by atoms with Gasteiger partial charge in [0, 0.05) is 18.2 Å². The molecular formula is C18H15F2NO5. The first-order valence-electron chi connectivity index (χ1n) is 7.53. The molecular weight excluding hydrogens is 348 g/mol. The van der Waals surface area contributed by atoms with Crippen molar-refractivity contribution in [1.82, 2.24) is 0 Å². The number of carbonyl (C=O) groups excluding carboxylic acids is 1. The summed E-state index contributed by atoms with van der Waals surface area (Å²) in [6.07, 6.45) is 2.08. The van der Waals surface area contributed by atoms with Crippen LogP contribution in [0, 0.1) is 10.1 Å². The van der Waals surface area contributed by atoms with E-state index in [9.17, 15) is 23.7 Å². The van der Waals surface area contributed by atoms with E-state index < -0.39 is 23.6 Å². The summed E-state index contributed by atoms with van der Waals surface area (Å²) in [5, 5.41) is 10.6. The summed E-state index contributed by atoms with van der Waals surface area (Å²) in [4.78, 5) is 21.9. The maximum Gasteiger partial charge on any atom is 0.387 e. The molecule has 136 valence electrons. The zero-order chi connectivity index (χ0) is 19.1. The Morgan fingerprint density at radius 2 is 1.73 bits per heavy atom. The van der Waals surface area contributed by atoms with Crippen molar-refractivity contribution in [2.45, 2.75) is 19.6 Å². The van der Waals surface area contributed by atoms with E-state index in [0.29, 0.717) is 11.1 Å². The SMILES string of the molecule is CC(OC(=O)/C=C/c1ccc([N+](=O)[O-])cc1)c1ccc(OC(F)F)cc1. The van der Waals surface area contributed by atoms with Crippen LogP contribution < -0.4 is 4.74 Å². The highest BCUT2D eigenvalue weighted by atomic mass is 19.3. The van der Waals surface area contributed by atoms with E-state index in [0.717, 1.165) is 0 Å². The molecule has 6 nitrogen and oxygen atoms in total. The molecule has 0 aromatic heterocycles. The minimum Gasteiger partial charge on any atom is -0.455 e. The molecule has 0 radical (unpaired) electrons. The predicted molar refractivity (Wildman–Crippen MR) is 89.7 cm³/mol. The summed E-state index contributed by atoms with van der Waals surface area (Å²) in [6, 6.07) is 11.4. The number of hydrogen-bond donors (Lipinski definition) is 0. The third kappa shape index (κ3) is 5.66. The number of alkyl halides is 2. The molecule has 0 aliphatic heterocycles. The summed E-state index contributed by atoms with van der Waals surface area (Å²) in [7, 11) is 0. The van der Waals surface area contributed by atoms with Crippen molar-refractivity contribution in [1.29, 1.82) is 0 Å². The minimum absolute atomic E-state index is 0.0142. The molecule has 0 aliphatic carbocycles. The number of rotatable bonds is 7. The van der Waals surface area contributed by atoms with E-state index in [1.807, 2.05) is 0 Å². The lowest BCUT2D eigenvalue weighted by molar-refractivity contribution is -0.384. The second kappa shape index (κ2) is 8.70. The quantitative estimate of drug-likeness (QED) is 0.313. The van der Waals surface area contributed by atoms with Gasteiger partial charge in [-0.25, -0.2) is 4.79 Å². The van der Waals surface area contributed by atoms with E-state index in [4.69, 9.17) is 4.74 Å². The van der Waals surface area contributed by atoms with Gasteiger partial charge in [0.05, 0.1) is 4.92 Å². The molecule has 0 bridgehead atoms. The Morgan fingerprint density at radius 3 is 2.27 bits per heavy atom. The summed E-state index contributed by atoms with van der Waals surface area (Å²) >= 11 is 0. The lowest BCUT2D eigenvalue weighted by Gasteiger charge is -2.13. The van der Waals surface area contributed by atoms with Gasteiger partial charge < -0.3 is 9.47 Å². The van der Waals surface area contributed by atoms with Gasteiger partial charge in [-0.2, -0.15) is 8.78 Å². The molecule has 26 heavy (non-hydrogen) atoms. The Bertz CT molecular complexity index is 788. The third-order valence-electron chi connectivity index (χ3n) is 3.38. The van der Waals surface area contributed by atoms with Gasteiger partial charge in [0.25, 0.3) is 5.69 Å². The van der Waals surface area contributed by atoms with Crippen LogP contribution in [0.2, 0.25) is 0 Å². The Morgan fingerprint density at radius 1 is 1.12 bits per heavy atom. The summed E-state index contributed by atoms with van der Waals surface area (Å²) in [6.45, 7) is -1.26. The third-order valence-corrected chi connectivity index (χ3v) is 3.38. The number of halogens is 2. The summed E-state index contributed by atoms with van der Waals surface area (Å²) in [5.74, 6) is -0.593. The van der Waals surface area contributed by atoms with Crippen LogP contribution in [-0.4, -0.2) is 17.5 Å². The number of benzene rings is 2. The van der Waals surface area contributed by atoms with Crippen molar-refractivity contribution < 1.29 is 28.0 Å². The lowest BCUT2D eigenvalue weighted by atomic mass is 10.1. The van der Waals surface area contributed by atoms with Gasteiger partial charge in [-0.1, -0.05) is 12.1 Å². The Kier molecular flexibility index (Phi) is 6.37. The maximum atomic E-state index is 12.1. The molecule has 0 heterocycles. The molecule has 1 atom stereocenters. The molecule has 0 saturated carbocycles. The molecule has 2 aromatic rings. The van der Waals surface area contributed by atoms with E-state index in [1.165, 1.54) is 60.7 Å². The number of nitro benzene ring substituents is 1. The van der Waals surface area contributed by atoms with Gasteiger partial charge in [0.15, 0.2) is 0 Å². The van der Waals surface area contributed by atoms with Gasteiger partial charge in [-0.05, 0) is 48.4 Å². The number of nitro groups is 1. The largest absolute Gasteiger partial charge is 0.455 e. The van der Waals surface area contributed by atoms with E-state index in [1.54, 1.807) is 6.92 Å². The van der Waals surface area contributed by atoms with Crippen molar-refractivity contribution in [2.75, 3.05) is 0 Å². The highest BCUT2D eigenvalue weighted by Gasteiger charge is 2.11. The number of carbonyl (C=O) groups is 1. The van der Waals surface area contributed by atoms with Crippen LogP contribution in [0.25, 0.3) is 6.08 Å². The fraction of sp³-hybridized carbons (Fsp3) is 0.167. The molecule has 0 N–H and O–H groups in total. The van der Waals surface area contributed by atoms with Crippen molar-refractivity contribution in [3.8, 4) is 5.75 Å². The highest BCUT2D eigenvalue weighted by Crippen LogP contribution is 2.22. The van der Waals surface area contributed by atoms with Gasteiger partial charge in [-0.15, -0.1) is 0 Å². The van der Waals surface area contributed by atoms with Crippen molar-refractivity contribution in [3.63, 3.8) is 0 Å². The molecule has 0 amide bonds. The van der Waals surface area contributed by atoms with Crippen LogP contribution in [0.15, 0.2) is 54.6 Å². The molecule has 1 unspecified atom stereocenters. The monoisotopic (exact) mass is 363 g/mol. The summed E-state index contributed by atoms with van der Waals surface area (Å²) in [5.41, 5.74) is 1.18. The van der Waals surface area contributed by atoms with Gasteiger partial charge >= 0.3 is 12.6 Å². The molecule has 8 heteroatoms. The van der Waals surface area contributed by atoms with Crippen molar-refractivity contribution >= 4 is 17.7 Å². The van der Waals surface area contributed by atoms with Crippen LogP contribution >= 0.6 is 0 Å². The highest BCUT2D eigenvalue weighted by molar-refractivity contribution is 5.87. The van der Waals surface area contributed by atoms with E-state index in [-0.39, 0.29) is 11.4 Å². The number of non-ortho nitro benzene ring substituents is 1. The lowest BCUT2D eigenvalue weighted by Crippen LogP contribution is -2.06. The normalized spacial score (nSPS) is 12.2. The van der Waals surface area contributed by atoms with E-state index in [2.05, 4.69) is 4.74 Å². The molecule has 0 fully saturated rings. The van der Waals surface area contributed by atoms with Gasteiger partial charge in [-0.3, -0.25) is 10.1 Å². The number of hydrogen-bond acceptors (Lipinski definition) is 5. The maximum absolute atomic E-state index is 12.1. The zero-order valence-corrected chi connectivity index (χ0v) is 13.7. The van der Waals surface area contributed by atoms with Crippen LogP contribution in [0.1, 0.15) is 24.2 Å². The van der Waals surface area contributed by atoms with Crippen LogP contribution in [0.4, 0.5) is 14.5 Å². The number of ether oxygens (including phenoxy) is 2. The Hall–Kier alpha value is -3.29. The molecule has 2 aromatic carbocycles. The number of esters is 1. The van der Waals surface area contributed by atoms with E-state index >= 15 is 0 Å². The van der Waals surface area contributed by atoms with Crippen molar-refractivity contribution in [3.05, 3.63) is 75.8 Å². The fourth-order valence-corrected chi connectivity index (χ4v) is 2.07. The standard InChI is InChI=1S/C18H15F2NO5/c1-12(14-5-9-16(10-6-14)26-18(19)20)25-17(22)11-4-13-2-7-15(8-3-13)21(23)24/h2-12,18H,1H3/b11-4+. The average molecular weight is 363 g/mol.